The predicted molar refractivity (Wildman–Crippen MR) is 81.3 cm³/mol. The van der Waals surface area contributed by atoms with Crippen LogP contribution in [-0.4, -0.2) is 30.6 Å². The third kappa shape index (κ3) is 5.13. The Kier molecular flexibility index (Phi) is 5.00. The summed E-state index contributed by atoms with van der Waals surface area (Å²) in [6, 6.07) is 7.60. The van der Waals surface area contributed by atoms with E-state index < -0.39 is 9.84 Å². The molecule has 0 aliphatic carbocycles. The first-order valence-corrected chi connectivity index (χ1v) is 9.02. The molecule has 1 aromatic heterocycles. The summed E-state index contributed by atoms with van der Waals surface area (Å²) in [4.78, 5) is 0. The van der Waals surface area contributed by atoms with Gasteiger partial charge in [0.05, 0.1) is 5.75 Å². The zero-order chi connectivity index (χ0) is 15.5. The van der Waals surface area contributed by atoms with E-state index in [4.69, 9.17) is 16.0 Å². The quantitative estimate of drug-likeness (QED) is 0.815. The molecule has 1 heterocycles. The van der Waals surface area contributed by atoms with Gasteiger partial charge >= 0.3 is 0 Å². The second kappa shape index (κ2) is 6.58. The van der Waals surface area contributed by atoms with Gasteiger partial charge in [0.15, 0.2) is 0 Å². The van der Waals surface area contributed by atoms with Crippen LogP contribution in [0.1, 0.15) is 30.2 Å². The summed E-state index contributed by atoms with van der Waals surface area (Å²) >= 11 is 5.85. The molecule has 0 aliphatic rings. The zero-order valence-corrected chi connectivity index (χ0v) is 13.5. The average molecular weight is 329 g/mol. The van der Waals surface area contributed by atoms with Gasteiger partial charge in [-0.2, -0.15) is 0 Å². The maximum absolute atomic E-state index is 11.1. The molecule has 0 bridgehead atoms. The van der Waals surface area contributed by atoms with E-state index in [0.717, 1.165) is 12.0 Å². The fraction of sp³-hybridized carbons (Fsp3) is 0.429. The molecule has 7 heteroatoms. The first kappa shape index (κ1) is 16.0. The summed E-state index contributed by atoms with van der Waals surface area (Å²) in [5.74, 6) is 0.956. The molecule has 114 valence electrons. The van der Waals surface area contributed by atoms with Crippen molar-refractivity contribution >= 4 is 21.4 Å². The van der Waals surface area contributed by atoms with Crippen molar-refractivity contribution in [1.82, 2.24) is 10.2 Å². The Bertz CT molecular complexity index is 695. The monoisotopic (exact) mass is 328 g/mol. The standard InChI is InChI=1S/C14H17ClN2O3S/c1-10(9-11-3-5-12(15)6-4-11)14-17-16-13(20-14)7-8-21(2,18)19/h3-6,10H,7-9H2,1-2H3/t10-/m0/s1. The maximum Gasteiger partial charge on any atom is 0.219 e. The van der Waals surface area contributed by atoms with Crippen molar-refractivity contribution in [3.8, 4) is 0 Å². The van der Waals surface area contributed by atoms with Gasteiger partial charge in [-0.15, -0.1) is 10.2 Å². The topological polar surface area (TPSA) is 73.1 Å². The summed E-state index contributed by atoms with van der Waals surface area (Å²) in [5, 5.41) is 8.59. The summed E-state index contributed by atoms with van der Waals surface area (Å²) < 4.78 is 27.8. The highest BCUT2D eigenvalue weighted by Crippen LogP contribution is 2.20. The molecule has 0 spiro atoms. The number of nitrogens with zero attached hydrogens (tertiary/aromatic N) is 2. The number of aryl methyl sites for hydroxylation is 1. The Labute approximate surface area is 129 Å². The SMILES string of the molecule is C[C@@H](Cc1ccc(Cl)cc1)c1nnc(CCS(C)(=O)=O)o1. The molecule has 0 saturated heterocycles. The van der Waals surface area contributed by atoms with Crippen molar-refractivity contribution in [2.24, 2.45) is 0 Å². The molecule has 21 heavy (non-hydrogen) atoms. The predicted octanol–water partition coefficient (Wildman–Crippen LogP) is 2.66. The van der Waals surface area contributed by atoms with Crippen LogP contribution in [0.5, 0.6) is 0 Å². The third-order valence-corrected chi connectivity index (χ3v) is 4.24. The Morgan fingerprint density at radius 3 is 2.52 bits per heavy atom. The van der Waals surface area contributed by atoms with Crippen LogP contribution in [0.2, 0.25) is 5.02 Å². The smallest absolute Gasteiger partial charge is 0.219 e. The molecule has 0 unspecified atom stereocenters. The molecule has 1 aromatic carbocycles. The van der Waals surface area contributed by atoms with E-state index in [9.17, 15) is 8.42 Å². The van der Waals surface area contributed by atoms with Gasteiger partial charge < -0.3 is 4.42 Å². The average Bonchev–Trinajstić information content (AvgIpc) is 2.87. The van der Waals surface area contributed by atoms with Crippen molar-refractivity contribution < 1.29 is 12.8 Å². The van der Waals surface area contributed by atoms with Gasteiger partial charge in [0.25, 0.3) is 0 Å². The lowest BCUT2D eigenvalue weighted by atomic mass is 10.0. The molecular formula is C14H17ClN2O3S. The van der Waals surface area contributed by atoms with Crippen LogP contribution in [-0.2, 0) is 22.7 Å². The van der Waals surface area contributed by atoms with Crippen LogP contribution < -0.4 is 0 Å². The van der Waals surface area contributed by atoms with Gasteiger partial charge in [0.2, 0.25) is 11.8 Å². The van der Waals surface area contributed by atoms with E-state index in [1.807, 2.05) is 31.2 Å². The largest absolute Gasteiger partial charge is 0.425 e. The number of aromatic nitrogens is 2. The highest BCUT2D eigenvalue weighted by atomic mass is 35.5. The van der Waals surface area contributed by atoms with Gasteiger partial charge in [-0.05, 0) is 24.1 Å². The number of rotatable bonds is 6. The van der Waals surface area contributed by atoms with Crippen LogP contribution in [0.3, 0.4) is 0 Å². The molecule has 1 atom stereocenters. The summed E-state index contributed by atoms with van der Waals surface area (Å²) in [7, 11) is -3.03. The lowest BCUT2D eigenvalue weighted by molar-refractivity contribution is 0.425. The van der Waals surface area contributed by atoms with Crippen LogP contribution in [0.15, 0.2) is 28.7 Å². The van der Waals surface area contributed by atoms with E-state index in [-0.39, 0.29) is 18.1 Å². The minimum absolute atomic E-state index is 0.0141. The van der Waals surface area contributed by atoms with Crippen molar-refractivity contribution in [3.63, 3.8) is 0 Å². The number of halogens is 1. The number of hydrogen-bond donors (Lipinski definition) is 0. The Morgan fingerprint density at radius 1 is 1.24 bits per heavy atom. The number of sulfone groups is 1. The highest BCUT2D eigenvalue weighted by Gasteiger charge is 2.15. The number of hydrogen-bond acceptors (Lipinski definition) is 5. The molecule has 5 nitrogen and oxygen atoms in total. The van der Waals surface area contributed by atoms with E-state index >= 15 is 0 Å². The van der Waals surface area contributed by atoms with Crippen LogP contribution in [0.4, 0.5) is 0 Å². The van der Waals surface area contributed by atoms with Crippen LogP contribution in [0.25, 0.3) is 0 Å². The maximum atomic E-state index is 11.1. The van der Waals surface area contributed by atoms with E-state index in [1.165, 1.54) is 6.26 Å². The van der Waals surface area contributed by atoms with Gasteiger partial charge in [-0.3, -0.25) is 0 Å². The van der Waals surface area contributed by atoms with Gasteiger partial charge in [0, 0.05) is 23.6 Å². The molecule has 0 N–H and O–H groups in total. The highest BCUT2D eigenvalue weighted by molar-refractivity contribution is 7.90. The normalized spacial score (nSPS) is 13.3. The van der Waals surface area contributed by atoms with E-state index in [1.54, 1.807) is 0 Å². The molecule has 0 radical (unpaired) electrons. The summed E-state index contributed by atoms with van der Waals surface area (Å²) in [6.07, 6.45) is 2.19. The van der Waals surface area contributed by atoms with Crippen molar-refractivity contribution in [1.29, 1.82) is 0 Å². The van der Waals surface area contributed by atoms with Crippen LogP contribution in [0, 0.1) is 0 Å². The van der Waals surface area contributed by atoms with E-state index in [2.05, 4.69) is 10.2 Å². The zero-order valence-electron chi connectivity index (χ0n) is 11.9. The first-order chi connectivity index (χ1) is 9.83. The first-order valence-electron chi connectivity index (χ1n) is 6.58. The third-order valence-electron chi connectivity index (χ3n) is 3.05. The van der Waals surface area contributed by atoms with E-state index in [0.29, 0.717) is 16.8 Å². The minimum atomic E-state index is -3.03. The van der Waals surface area contributed by atoms with Crippen molar-refractivity contribution in [3.05, 3.63) is 46.6 Å². The minimum Gasteiger partial charge on any atom is -0.425 e. The molecule has 0 fully saturated rings. The Balaban J connectivity index is 1.98. The van der Waals surface area contributed by atoms with Crippen molar-refractivity contribution in [2.45, 2.75) is 25.7 Å². The van der Waals surface area contributed by atoms with Crippen molar-refractivity contribution in [2.75, 3.05) is 12.0 Å². The second-order valence-electron chi connectivity index (χ2n) is 5.15. The fourth-order valence-electron chi connectivity index (χ4n) is 1.90. The molecule has 0 amide bonds. The Morgan fingerprint density at radius 2 is 1.90 bits per heavy atom. The van der Waals surface area contributed by atoms with Gasteiger partial charge in [-0.25, -0.2) is 8.42 Å². The van der Waals surface area contributed by atoms with Gasteiger partial charge in [-0.1, -0.05) is 30.7 Å². The molecule has 2 aromatic rings. The molecular weight excluding hydrogens is 312 g/mol. The summed E-state index contributed by atoms with van der Waals surface area (Å²) in [6.45, 7) is 1.99. The number of benzene rings is 1. The summed E-state index contributed by atoms with van der Waals surface area (Å²) in [5.41, 5.74) is 1.13. The molecule has 0 aliphatic heterocycles. The molecule has 0 saturated carbocycles. The lowest BCUT2D eigenvalue weighted by Gasteiger charge is -2.06. The second-order valence-corrected chi connectivity index (χ2v) is 7.84. The lowest BCUT2D eigenvalue weighted by Crippen LogP contribution is -2.05. The molecule has 2 rings (SSSR count). The fourth-order valence-corrected chi connectivity index (χ4v) is 2.57. The van der Waals surface area contributed by atoms with Crippen LogP contribution >= 0.6 is 11.6 Å². The van der Waals surface area contributed by atoms with Gasteiger partial charge in [0.1, 0.15) is 9.84 Å². The Hall–Kier alpha value is -1.40.